The van der Waals surface area contributed by atoms with Gasteiger partial charge in [0.2, 0.25) is 0 Å². The van der Waals surface area contributed by atoms with Crippen LogP contribution >= 0.6 is 0 Å². The average molecular weight is 339 g/mol. The highest BCUT2D eigenvalue weighted by Crippen LogP contribution is 2.56. The Kier molecular flexibility index (Phi) is 4.76. The van der Waals surface area contributed by atoms with Crippen LogP contribution in [0.3, 0.4) is 0 Å². The summed E-state index contributed by atoms with van der Waals surface area (Å²) >= 11 is 0. The van der Waals surface area contributed by atoms with Gasteiger partial charge in [-0.25, -0.2) is 5.11 Å². The molecule has 0 amide bonds. The standard InChI is InChI=1S/C12H8F9O/c13-9(14,8-4-2-1-3-7(8)5-6-22)10(15,16)11(17,18)12(19,20)21/h1-4H,5-6H2. The van der Waals surface area contributed by atoms with Crippen molar-refractivity contribution in [1.29, 1.82) is 0 Å². The molecule has 1 radical (unpaired) electrons. The van der Waals surface area contributed by atoms with Gasteiger partial charge >= 0.3 is 23.9 Å². The number of benzene rings is 1. The van der Waals surface area contributed by atoms with Gasteiger partial charge in [-0.05, 0) is 12.0 Å². The minimum absolute atomic E-state index is 0.283. The molecule has 125 valence electrons. The molecule has 0 aliphatic rings. The number of alkyl halides is 9. The zero-order chi connectivity index (χ0) is 17.4. The van der Waals surface area contributed by atoms with E-state index < -0.39 is 48.1 Å². The third-order valence-electron chi connectivity index (χ3n) is 2.87. The number of halogens is 9. The van der Waals surface area contributed by atoms with Crippen molar-refractivity contribution in [3.63, 3.8) is 0 Å². The molecule has 0 bridgehead atoms. The summed E-state index contributed by atoms with van der Waals surface area (Å²) in [7, 11) is 0. The summed E-state index contributed by atoms with van der Waals surface area (Å²) in [5.41, 5.74) is -2.46. The van der Waals surface area contributed by atoms with Crippen LogP contribution in [0.1, 0.15) is 11.1 Å². The first-order chi connectivity index (χ1) is 9.80. The molecule has 0 aromatic heterocycles. The summed E-state index contributed by atoms with van der Waals surface area (Å²) in [5.74, 6) is -19.5. The zero-order valence-electron chi connectivity index (χ0n) is 10.5. The number of rotatable bonds is 5. The van der Waals surface area contributed by atoms with Gasteiger partial charge in [-0.15, -0.1) is 0 Å². The summed E-state index contributed by atoms with van der Waals surface area (Å²) < 4.78 is 116. The highest BCUT2D eigenvalue weighted by Gasteiger charge is 2.82. The van der Waals surface area contributed by atoms with Crippen molar-refractivity contribution in [2.75, 3.05) is 6.61 Å². The molecule has 10 heteroatoms. The third kappa shape index (κ3) is 2.75. The van der Waals surface area contributed by atoms with E-state index in [1.807, 2.05) is 0 Å². The van der Waals surface area contributed by atoms with Gasteiger partial charge in [-0.3, -0.25) is 0 Å². The van der Waals surface area contributed by atoms with E-state index in [2.05, 4.69) is 0 Å². The van der Waals surface area contributed by atoms with Crippen LogP contribution in [0, 0.1) is 0 Å². The predicted octanol–water partition coefficient (Wildman–Crippen LogP) is 4.58. The van der Waals surface area contributed by atoms with Crippen LogP contribution in [0.4, 0.5) is 39.5 Å². The molecule has 0 atom stereocenters. The molecule has 0 fully saturated rings. The number of hydrogen-bond donors (Lipinski definition) is 0. The summed E-state index contributed by atoms with van der Waals surface area (Å²) in [5, 5.41) is 10.4. The highest BCUT2D eigenvalue weighted by molar-refractivity contribution is 5.33. The molecule has 1 nitrogen and oxygen atoms in total. The second-order valence-corrected chi connectivity index (χ2v) is 4.33. The van der Waals surface area contributed by atoms with Crippen molar-refractivity contribution in [1.82, 2.24) is 0 Å². The normalized spacial score (nSPS) is 14.3. The van der Waals surface area contributed by atoms with Gasteiger partial charge in [0, 0.05) is 5.56 Å². The van der Waals surface area contributed by atoms with Gasteiger partial charge in [0.15, 0.2) is 0 Å². The predicted molar refractivity (Wildman–Crippen MR) is 55.5 cm³/mol. The lowest BCUT2D eigenvalue weighted by molar-refractivity contribution is -0.399. The molecule has 0 saturated carbocycles. The topological polar surface area (TPSA) is 19.9 Å². The molecule has 0 aliphatic heterocycles. The van der Waals surface area contributed by atoms with Gasteiger partial charge in [0.1, 0.15) is 0 Å². The zero-order valence-corrected chi connectivity index (χ0v) is 10.5. The van der Waals surface area contributed by atoms with E-state index >= 15 is 0 Å². The molecule has 1 rings (SSSR count). The minimum Gasteiger partial charge on any atom is -0.236 e. The van der Waals surface area contributed by atoms with Gasteiger partial charge in [-0.2, -0.15) is 39.5 Å². The van der Waals surface area contributed by atoms with Gasteiger partial charge in [0.05, 0.1) is 6.61 Å². The van der Waals surface area contributed by atoms with Gasteiger partial charge < -0.3 is 0 Å². The molecule has 1 aromatic rings. The van der Waals surface area contributed by atoms with Crippen molar-refractivity contribution in [2.24, 2.45) is 0 Å². The molecule has 1 aromatic carbocycles. The van der Waals surface area contributed by atoms with E-state index in [0.29, 0.717) is 0 Å². The first-order valence-electron chi connectivity index (χ1n) is 5.67. The third-order valence-corrected chi connectivity index (χ3v) is 2.87. The Morgan fingerprint density at radius 2 is 1.27 bits per heavy atom. The minimum atomic E-state index is -6.95. The number of hydrogen-bond acceptors (Lipinski definition) is 0. The molecule has 0 spiro atoms. The lowest BCUT2D eigenvalue weighted by Gasteiger charge is -2.34. The summed E-state index contributed by atoms with van der Waals surface area (Å²) in [6.45, 7) is -1.03. The van der Waals surface area contributed by atoms with Crippen molar-refractivity contribution in [3.05, 3.63) is 35.4 Å². The maximum Gasteiger partial charge on any atom is 0.460 e. The highest BCUT2D eigenvalue weighted by atomic mass is 19.4. The van der Waals surface area contributed by atoms with E-state index in [0.717, 1.165) is 18.2 Å². The Hall–Kier alpha value is -1.45. The molecule has 0 aliphatic carbocycles. The first kappa shape index (κ1) is 18.6. The maximum absolute atomic E-state index is 13.7. The fraction of sp³-hybridized carbons (Fsp3) is 0.500. The van der Waals surface area contributed by atoms with E-state index in [1.165, 1.54) is 0 Å². The van der Waals surface area contributed by atoms with Crippen LogP contribution in [0.5, 0.6) is 0 Å². The van der Waals surface area contributed by atoms with Crippen LogP contribution in [0.15, 0.2) is 24.3 Å². The molecule has 22 heavy (non-hydrogen) atoms. The van der Waals surface area contributed by atoms with Crippen molar-refractivity contribution in [2.45, 2.75) is 30.4 Å². The Morgan fingerprint density at radius 1 is 0.773 bits per heavy atom. The average Bonchev–Trinajstić information content (AvgIpc) is 2.37. The van der Waals surface area contributed by atoms with Gasteiger partial charge in [-0.1, -0.05) is 24.3 Å². The van der Waals surface area contributed by atoms with Crippen LogP contribution in [-0.4, -0.2) is 24.6 Å². The quantitative estimate of drug-likeness (QED) is 0.700. The van der Waals surface area contributed by atoms with Crippen molar-refractivity contribution < 1.29 is 44.6 Å². The molecular formula is C12H8F9O. The lowest BCUT2D eigenvalue weighted by Crippen LogP contribution is -2.59. The van der Waals surface area contributed by atoms with Crippen LogP contribution in [0.25, 0.3) is 0 Å². The van der Waals surface area contributed by atoms with E-state index in [9.17, 15) is 44.6 Å². The molecular weight excluding hydrogens is 331 g/mol. The lowest BCUT2D eigenvalue weighted by atomic mass is 9.92. The van der Waals surface area contributed by atoms with Gasteiger partial charge in [0.25, 0.3) is 0 Å². The van der Waals surface area contributed by atoms with E-state index in [1.54, 1.807) is 0 Å². The van der Waals surface area contributed by atoms with Crippen LogP contribution in [-0.2, 0) is 17.4 Å². The van der Waals surface area contributed by atoms with E-state index in [4.69, 9.17) is 0 Å². The fourth-order valence-corrected chi connectivity index (χ4v) is 1.70. The Bertz CT molecular complexity index is 522. The maximum atomic E-state index is 13.7. The molecule has 0 N–H and O–H groups in total. The SMILES string of the molecule is [O]CCc1ccccc1C(F)(F)C(F)(F)C(F)(F)C(F)(F)F. The molecule has 0 unspecified atom stereocenters. The Labute approximate surface area is 118 Å². The van der Waals surface area contributed by atoms with Crippen molar-refractivity contribution in [3.8, 4) is 0 Å². The summed E-state index contributed by atoms with van der Waals surface area (Å²) in [6.07, 6.45) is -7.59. The monoisotopic (exact) mass is 339 g/mol. The Balaban J connectivity index is 3.46. The molecule has 0 heterocycles. The van der Waals surface area contributed by atoms with Crippen LogP contribution < -0.4 is 0 Å². The fourth-order valence-electron chi connectivity index (χ4n) is 1.70. The molecule has 0 saturated heterocycles. The first-order valence-corrected chi connectivity index (χ1v) is 5.67. The smallest absolute Gasteiger partial charge is 0.236 e. The second-order valence-electron chi connectivity index (χ2n) is 4.33. The van der Waals surface area contributed by atoms with Crippen molar-refractivity contribution >= 4 is 0 Å². The van der Waals surface area contributed by atoms with E-state index in [-0.39, 0.29) is 6.07 Å². The largest absolute Gasteiger partial charge is 0.460 e. The second kappa shape index (κ2) is 5.64. The summed E-state index contributed by atoms with van der Waals surface area (Å²) in [6, 6.07) is 2.89. The Morgan fingerprint density at radius 3 is 1.73 bits per heavy atom. The summed E-state index contributed by atoms with van der Waals surface area (Å²) in [4.78, 5) is 0. The van der Waals surface area contributed by atoms with Crippen LogP contribution in [0.2, 0.25) is 0 Å².